The van der Waals surface area contributed by atoms with Crippen LogP contribution in [0.2, 0.25) is 0 Å². The minimum absolute atomic E-state index is 0.0556. The Kier molecular flexibility index (Phi) is 6.29. The van der Waals surface area contributed by atoms with Crippen LogP contribution >= 0.6 is 11.6 Å². The second-order valence-corrected chi connectivity index (χ2v) is 6.72. The number of halogens is 4. The minimum atomic E-state index is -4.34. The highest BCUT2D eigenvalue weighted by Crippen LogP contribution is 2.22. The molecule has 1 rings (SSSR count). The molecule has 0 aliphatic carbocycles. The van der Waals surface area contributed by atoms with E-state index in [0.29, 0.717) is 0 Å². The molecule has 8 heteroatoms. The van der Waals surface area contributed by atoms with Gasteiger partial charge in [0.2, 0.25) is 10.0 Å². The van der Waals surface area contributed by atoms with Gasteiger partial charge in [-0.15, -0.1) is 11.6 Å². The van der Waals surface area contributed by atoms with E-state index in [1.165, 1.54) is 0 Å². The van der Waals surface area contributed by atoms with Crippen molar-refractivity contribution in [2.45, 2.75) is 24.4 Å². The SMILES string of the molecule is O=S(=O)(CCCC(F)(F)F)NCC(Cl)c1ccccc1. The second kappa shape index (κ2) is 7.28. The van der Waals surface area contributed by atoms with Crippen LogP contribution in [0.4, 0.5) is 13.2 Å². The first kappa shape index (κ1) is 17.3. The van der Waals surface area contributed by atoms with Gasteiger partial charge in [0, 0.05) is 13.0 Å². The molecule has 0 spiro atoms. The molecule has 1 atom stereocenters. The molecule has 0 aromatic heterocycles. The summed E-state index contributed by atoms with van der Waals surface area (Å²) in [5.41, 5.74) is 0.743. The predicted octanol–water partition coefficient (Wildman–Crippen LogP) is 3.23. The van der Waals surface area contributed by atoms with Crippen LogP contribution in [-0.2, 0) is 10.0 Å². The predicted molar refractivity (Wildman–Crippen MR) is 72.1 cm³/mol. The zero-order valence-electron chi connectivity index (χ0n) is 10.5. The maximum atomic E-state index is 11.9. The third-order valence-electron chi connectivity index (χ3n) is 2.52. The fourth-order valence-electron chi connectivity index (χ4n) is 1.51. The van der Waals surface area contributed by atoms with Gasteiger partial charge in [-0.25, -0.2) is 13.1 Å². The van der Waals surface area contributed by atoms with Crippen LogP contribution in [0.15, 0.2) is 30.3 Å². The summed E-state index contributed by atoms with van der Waals surface area (Å²) in [7, 11) is -3.74. The molecule has 0 amide bonds. The van der Waals surface area contributed by atoms with Crippen LogP contribution in [0.5, 0.6) is 0 Å². The van der Waals surface area contributed by atoms with Gasteiger partial charge in [-0.3, -0.25) is 0 Å². The van der Waals surface area contributed by atoms with Crippen LogP contribution in [0.25, 0.3) is 0 Å². The highest BCUT2D eigenvalue weighted by atomic mass is 35.5. The normalized spacial score (nSPS) is 14.2. The number of sulfonamides is 1. The first-order valence-electron chi connectivity index (χ1n) is 5.93. The lowest BCUT2D eigenvalue weighted by molar-refractivity contribution is -0.134. The summed E-state index contributed by atoms with van der Waals surface area (Å²) in [4.78, 5) is 0. The van der Waals surface area contributed by atoms with E-state index in [4.69, 9.17) is 11.6 Å². The number of nitrogens with one attached hydrogen (secondary N) is 1. The monoisotopic (exact) mass is 329 g/mol. The largest absolute Gasteiger partial charge is 0.389 e. The lowest BCUT2D eigenvalue weighted by atomic mass is 10.1. The summed E-state index contributed by atoms with van der Waals surface area (Å²) in [6.07, 6.45) is -5.91. The molecular formula is C12H15ClF3NO2S. The second-order valence-electron chi connectivity index (χ2n) is 4.26. The van der Waals surface area contributed by atoms with Gasteiger partial charge >= 0.3 is 6.18 Å². The van der Waals surface area contributed by atoms with Gasteiger partial charge < -0.3 is 0 Å². The molecule has 0 radical (unpaired) electrons. The van der Waals surface area contributed by atoms with Gasteiger partial charge in [0.05, 0.1) is 11.1 Å². The van der Waals surface area contributed by atoms with Crippen molar-refractivity contribution in [2.24, 2.45) is 0 Å². The molecule has 1 unspecified atom stereocenters. The number of alkyl halides is 4. The number of rotatable bonds is 7. The number of hydrogen-bond donors (Lipinski definition) is 1. The van der Waals surface area contributed by atoms with E-state index in [-0.39, 0.29) is 6.54 Å². The van der Waals surface area contributed by atoms with Crippen LogP contribution in [-0.4, -0.2) is 26.9 Å². The summed E-state index contributed by atoms with van der Waals surface area (Å²) in [6.45, 7) is -0.0556. The lowest BCUT2D eigenvalue weighted by Gasteiger charge is -2.12. The quantitative estimate of drug-likeness (QED) is 0.781. The van der Waals surface area contributed by atoms with Crippen molar-refractivity contribution in [3.05, 3.63) is 35.9 Å². The third kappa shape index (κ3) is 7.12. The molecule has 0 heterocycles. The molecule has 1 aromatic carbocycles. The van der Waals surface area contributed by atoms with Crippen molar-refractivity contribution < 1.29 is 21.6 Å². The molecule has 0 aliphatic rings. The average Bonchev–Trinajstić information content (AvgIpc) is 2.35. The molecule has 0 bridgehead atoms. The van der Waals surface area contributed by atoms with Gasteiger partial charge in [0.1, 0.15) is 0 Å². The smallest absolute Gasteiger partial charge is 0.213 e. The molecule has 1 aromatic rings. The molecule has 0 aliphatic heterocycles. The maximum absolute atomic E-state index is 11.9. The van der Waals surface area contributed by atoms with E-state index in [9.17, 15) is 21.6 Å². The Bertz CT molecular complexity index is 505. The Morgan fingerprint density at radius 2 is 1.80 bits per heavy atom. The van der Waals surface area contributed by atoms with Crippen molar-refractivity contribution >= 4 is 21.6 Å². The molecule has 0 saturated carbocycles. The van der Waals surface area contributed by atoms with Crippen molar-refractivity contribution in [3.8, 4) is 0 Å². The number of hydrogen-bond acceptors (Lipinski definition) is 2. The fraction of sp³-hybridized carbons (Fsp3) is 0.500. The topological polar surface area (TPSA) is 46.2 Å². The summed E-state index contributed by atoms with van der Waals surface area (Å²) in [6, 6.07) is 8.82. The molecule has 114 valence electrons. The van der Waals surface area contributed by atoms with Crippen molar-refractivity contribution in [3.63, 3.8) is 0 Å². The third-order valence-corrected chi connectivity index (χ3v) is 4.36. The molecule has 20 heavy (non-hydrogen) atoms. The van der Waals surface area contributed by atoms with E-state index >= 15 is 0 Å². The minimum Gasteiger partial charge on any atom is -0.213 e. The highest BCUT2D eigenvalue weighted by molar-refractivity contribution is 7.89. The van der Waals surface area contributed by atoms with Gasteiger partial charge in [-0.2, -0.15) is 13.2 Å². The Hall–Kier alpha value is -0.790. The van der Waals surface area contributed by atoms with Gasteiger partial charge in [0.15, 0.2) is 0 Å². The van der Waals surface area contributed by atoms with Gasteiger partial charge in [-0.1, -0.05) is 30.3 Å². The summed E-state index contributed by atoms with van der Waals surface area (Å²) in [5, 5.41) is -0.561. The van der Waals surface area contributed by atoms with Gasteiger partial charge in [0.25, 0.3) is 0 Å². The zero-order chi connectivity index (χ0) is 15.2. The summed E-state index contributed by atoms with van der Waals surface area (Å²) >= 11 is 6.01. The zero-order valence-corrected chi connectivity index (χ0v) is 12.1. The Morgan fingerprint density at radius 1 is 1.20 bits per heavy atom. The van der Waals surface area contributed by atoms with Crippen LogP contribution in [0.3, 0.4) is 0 Å². The first-order valence-corrected chi connectivity index (χ1v) is 8.01. The Labute approximate surface area is 121 Å². The molecular weight excluding hydrogens is 315 g/mol. The molecule has 1 N–H and O–H groups in total. The van der Waals surface area contributed by atoms with Crippen molar-refractivity contribution in [1.82, 2.24) is 4.72 Å². The maximum Gasteiger partial charge on any atom is 0.389 e. The van der Waals surface area contributed by atoms with E-state index in [0.717, 1.165) is 5.56 Å². The van der Waals surface area contributed by atoms with Crippen LogP contribution in [0, 0.1) is 0 Å². The van der Waals surface area contributed by atoms with E-state index in [2.05, 4.69) is 4.72 Å². The van der Waals surface area contributed by atoms with E-state index < -0.39 is 40.2 Å². The molecule has 3 nitrogen and oxygen atoms in total. The standard InChI is InChI=1S/C12H15ClF3NO2S/c13-11(10-5-2-1-3-6-10)9-17-20(18,19)8-4-7-12(14,15)16/h1-3,5-6,11,17H,4,7-9H2. The van der Waals surface area contributed by atoms with Crippen molar-refractivity contribution in [2.75, 3.05) is 12.3 Å². The number of benzene rings is 1. The highest BCUT2D eigenvalue weighted by Gasteiger charge is 2.27. The summed E-state index contributed by atoms with van der Waals surface area (Å²) in [5.74, 6) is -0.565. The van der Waals surface area contributed by atoms with Crippen LogP contribution < -0.4 is 4.72 Å². The van der Waals surface area contributed by atoms with Gasteiger partial charge in [-0.05, 0) is 12.0 Å². The van der Waals surface area contributed by atoms with E-state index in [1.54, 1.807) is 30.3 Å². The Morgan fingerprint density at radius 3 is 2.35 bits per heavy atom. The van der Waals surface area contributed by atoms with Crippen molar-refractivity contribution in [1.29, 1.82) is 0 Å². The molecule has 0 fully saturated rings. The molecule has 0 saturated heterocycles. The average molecular weight is 330 g/mol. The fourth-order valence-corrected chi connectivity index (χ4v) is 2.92. The Balaban J connectivity index is 2.40. The van der Waals surface area contributed by atoms with Crippen LogP contribution in [0.1, 0.15) is 23.8 Å². The lowest BCUT2D eigenvalue weighted by Crippen LogP contribution is -2.29. The summed E-state index contributed by atoms with van der Waals surface area (Å²) < 4.78 is 61.0. The van der Waals surface area contributed by atoms with E-state index in [1.807, 2.05) is 0 Å². The first-order chi connectivity index (χ1) is 9.20.